The highest BCUT2D eigenvalue weighted by molar-refractivity contribution is 5.76. The van der Waals surface area contributed by atoms with Crippen molar-refractivity contribution in [3.63, 3.8) is 0 Å². The van der Waals surface area contributed by atoms with E-state index in [-0.39, 0.29) is 25.4 Å². The highest BCUT2D eigenvalue weighted by Crippen LogP contribution is 2.06. The van der Waals surface area contributed by atoms with Gasteiger partial charge in [-0.2, -0.15) is 0 Å². The molecule has 0 aliphatic heterocycles. The van der Waals surface area contributed by atoms with Gasteiger partial charge in [0.2, 0.25) is 5.91 Å². The van der Waals surface area contributed by atoms with Gasteiger partial charge in [0.1, 0.15) is 5.60 Å². The molecule has 0 fully saturated rings. The summed E-state index contributed by atoms with van der Waals surface area (Å²) in [5.74, 6) is 0.461. The van der Waals surface area contributed by atoms with E-state index in [4.69, 9.17) is 4.74 Å². The summed E-state index contributed by atoms with van der Waals surface area (Å²) < 4.78 is 6.89. The Balaban J connectivity index is 1.72. The van der Waals surface area contributed by atoms with Crippen molar-refractivity contribution in [1.29, 1.82) is 0 Å². The molecule has 0 atom stereocenters. The Kier molecular flexibility index (Phi) is 5.15. The number of hydrogen-bond donors (Lipinski definition) is 2. The summed E-state index contributed by atoms with van der Waals surface area (Å²) in [5, 5.41) is 13.3. The van der Waals surface area contributed by atoms with Crippen LogP contribution in [0.1, 0.15) is 33.0 Å². The van der Waals surface area contributed by atoms with Crippen LogP contribution in [-0.4, -0.2) is 38.7 Å². The molecule has 2 amide bonds. The summed E-state index contributed by atoms with van der Waals surface area (Å²) in [6, 6.07) is 5.57. The molecule has 8 nitrogen and oxygen atoms in total. The third kappa shape index (κ3) is 5.24. The molecule has 2 heterocycles. The van der Waals surface area contributed by atoms with Crippen LogP contribution in [0.2, 0.25) is 0 Å². The number of fused-ring (bicyclic) bond motifs is 1. The molecule has 2 aromatic rings. The zero-order chi connectivity index (χ0) is 16.9. The van der Waals surface area contributed by atoms with Crippen molar-refractivity contribution >= 4 is 17.6 Å². The van der Waals surface area contributed by atoms with Crippen LogP contribution in [0.3, 0.4) is 0 Å². The fourth-order valence-electron chi connectivity index (χ4n) is 1.87. The zero-order valence-electron chi connectivity index (χ0n) is 13.5. The van der Waals surface area contributed by atoms with E-state index in [0.29, 0.717) is 5.82 Å². The molecule has 2 rings (SSSR count). The van der Waals surface area contributed by atoms with Crippen LogP contribution in [-0.2, 0) is 16.1 Å². The minimum atomic E-state index is -0.554. The summed E-state index contributed by atoms with van der Waals surface area (Å²) in [6.07, 6.45) is 1.46. The molecule has 2 aromatic heterocycles. The number of nitrogens with zero attached hydrogens (tertiary/aromatic N) is 3. The topological polar surface area (TPSA) is 97.6 Å². The molecule has 0 saturated heterocycles. The first-order valence-corrected chi connectivity index (χ1v) is 7.37. The van der Waals surface area contributed by atoms with Gasteiger partial charge >= 0.3 is 6.09 Å². The molecule has 23 heavy (non-hydrogen) atoms. The van der Waals surface area contributed by atoms with Gasteiger partial charge in [-0.25, -0.2) is 4.79 Å². The summed E-state index contributed by atoms with van der Waals surface area (Å²) in [4.78, 5) is 23.2. The first-order valence-electron chi connectivity index (χ1n) is 7.37. The van der Waals surface area contributed by atoms with Gasteiger partial charge in [-0.15, -0.1) is 10.2 Å². The maximum atomic E-state index is 11.8. The van der Waals surface area contributed by atoms with E-state index in [9.17, 15) is 9.59 Å². The number of carbonyl (C=O) groups is 2. The van der Waals surface area contributed by atoms with Crippen molar-refractivity contribution < 1.29 is 14.3 Å². The lowest BCUT2D eigenvalue weighted by Gasteiger charge is -2.19. The molecule has 0 unspecified atom stereocenters. The van der Waals surface area contributed by atoms with Crippen LogP contribution in [0.4, 0.5) is 4.79 Å². The Hall–Kier alpha value is -2.64. The van der Waals surface area contributed by atoms with Crippen molar-refractivity contribution in [3.05, 3.63) is 30.2 Å². The first-order chi connectivity index (χ1) is 10.8. The molecule has 0 aromatic carbocycles. The average molecular weight is 319 g/mol. The van der Waals surface area contributed by atoms with Crippen molar-refractivity contribution in [2.75, 3.05) is 6.54 Å². The van der Waals surface area contributed by atoms with Crippen LogP contribution in [0.15, 0.2) is 24.4 Å². The predicted octanol–water partition coefficient (Wildman–Crippen LogP) is 1.26. The minimum Gasteiger partial charge on any atom is -0.444 e. The molecule has 0 radical (unpaired) electrons. The lowest BCUT2D eigenvalue weighted by atomic mass is 10.2. The van der Waals surface area contributed by atoms with Crippen LogP contribution < -0.4 is 10.6 Å². The fourth-order valence-corrected chi connectivity index (χ4v) is 1.87. The number of carbonyl (C=O) groups excluding carboxylic acids is 2. The molecule has 0 aliphatic carbocycles. The zero-order valence-corrected chi connectivity index (χ0v) is 13.5. The number of amides is 2. The van der Waals surface area contributed by atoms with Gasteiger partial charge in [-0.1, -0.05) is 6.07 Å². The number of hydrogen-bond acceptors (Lipinski definition) is 5. The molecule has 2 N–H and O–H groups in total. The SMILES string of the molecule is CC(C)(C)OC(=O)NCCC(=O)NCc1nnc2ccccn12. The minimum absolute atomic E-state index is 0.163. The highest BCUT2D eigenvalue weighted by atomic mass is 16.6. The van der Waals surface area contributed by atoms with Gasteiger partial charge in [0.05, 0.1) is 6.54 Å². The fraction of sp³-hybridized carbons (Fsp3) is 0.467. The maximum Gasteiger partial charge on any atom is 0.407 e. The summed E-state index contributed by atoms with van der Waals surface area (Å²) in [6.45, 7) is 5.82. The van der Waals surface area contributed by atoms with Crippen LogP contribution in [0.25, 0.3) is 5.65 Å². The summed E-state index contributed by atoms with van der Waals surface area (Å²) >= 11 is 0. The number of alkyl carbamates (subject to hydrolysis) is 1. The Bertz CT molecular complexity index is 690. The van der Waals surface area contributed by atoms with Crippen molar-refractivity contribution in [3.8, 4) is 0 Å². The number of pyridine rings is 1. The van der Waals surface area contributed by atoms with Gasteiger partial charge < -0.3 is 15.4 Å². The average Bonchev–Trinajstić information content (AvgIpc) is 2.86. The second-order valence-electron chi connectivity index (χ2n) is 6.00. The molecular formula is C15H21N5O3. The third-order valence-corrected chi connectivity index (χ3v) is 2.85. The Morgan fingerprint density at radius 2 is 2.00 bits per heavy atom. The molecular weight excluding hydrogens is 298 g/mol. The number of rotatable bonds is 5. The lowest BCUT2D eigenvalue weighted by molar-refractivity contribution is -0.121. The molecule has 8 heteroatoms. The first kappa shape index (κ1) is 16.7. The quantitative estimate of drug-likeness (QED) is 0.864. The summed E-state index contributed by atoms with van der Waals surface area (Å²) in [7, 11) is 0. The molecule has 0 bridgehead atoms. The number of aromatic nitrogens is 3. The van der Waals surface area contributed by atoms with Crippen LogP contribution in [0.5, 0.6) is 0 Å². The normalized spacial score (nSPS) is 11.3. The van der Waals surface area contributed by atoms with Crippen molar-refractivity contribution in [1.82, 2.24) is 25.2 Å². The maximum absolute atomic E-state index is 11.8. The van der Waals surface area contributed by atoms with Gasteiger partial charge in [0.15, 0.2) is 11.5 Å². The third-order valence-electron chi connectivity index (χ3n) is 2.85. The molecule has 124 valence electrons. The molecule has 0 saturated carbocycles. The Labute approximate surface area is 134 Å². The van der Waals surface area contributed by atoms with Gasteiger partial charge in [-0.05, 0) is 32.9 Å². The van der Waals surface area contributed by atoms with E-state index in [2.05, 4.69) is 20.8 Å². The van der Waals surface area contributed by atoms with E-state index < -0.39 is 11.7 Å². The van der Waals surface area contributed by atoms with Crippen LogP contribution >= 0.6 is 0 Å². The van der Waals surface area contributed by atoms with Crippen molar-refractivity contribution in [2.45, 2.75) is 39.3 Å². The number of ether oxygens (including phenoxy) is 1. The highest BCUT2D eigenvalue weighted by Gasteiger charge is 2.16. The molecule has 0 spiro atoms. The number of nitrogens with one attached hydrogen (secondary N) is 2. The van der Waals surface area contributed by atoms with E-state index in [1.54, 1.807) is 25.2 Å². The Morgan fingerprint density at radius 3 is 2.74 bits per heavy atom. The van der Waals surface area contributed by atoms with E-state index >= 15 is 0 Å². The van der Waals surface area contributed by atoms with E-state index in [0.717, 1.165) is 5.65 Å². The second kappa shape index (κ2) is 7.08. The Morgan fingerprint density at radius 1 is 1.22 bits per heavy atom. The summed E-state index contributed by atoms with van der Waals surface area (Å²) in [5.41, 5.74) is 0.171. The smallest absolute Gasteiger partial charge is 0.407 e. The van der Waals surface area contributed by atoms with Crippen LogP contribution in [0, 0.1) is 0 Å². The van der Waals surface area contributed by atoms with Gasteiger partial charge in [0.25, 0.3) is 0 Å². The molecule has 0 aliphatic rings. The van der Waals surface area contributed by atoms with E-state index in [1.165, 1.54) is 0 Å². The lowest BCUT2D eigenvalue weighted by Crippen LogP contribution is -2.35. The van der Waals surface area contributed by atoms with E-state index in [1.807, 2.05) is 24.4 Å². The second-order valence-corrected chi connectivity index (χ2v) is 6.00. The van der Waals surface area contributed by atoms with Gasteiger partial charge in [-0.3, -0.25) is 9.20 Å². The standard InChI is InChI=1S/C15H21N5O3/c1-15(2,3)23-14(22)16-8-7-13(21)17-10-12-19-18-11-6-4-5-9-20(11)12/h4-6,9H,7-8,10H2,1-3H3,(H,16,22)(H,17,21). The largest absolute Gasteiger partial charge is 0.444 e. The van der Waals surface area contributed by atoms with Crippen molar-refractivity contribution in [2.24, 2.45) is 0 Å². The monoisotopic (exact) mass is 319 g/mol. The van der Waals surface area contributed by atoms with Gasteiger partial charge in [0, 0.05) is 19.2 Å². The predicted molar refractivity (Wildman–Crippen MR) is 83.7 cm³/mol.